The summed E-state index contributed by atoms with van der Waals surface area (Å²) in [6.45, 7) is 5.91. The number of nitrogens with zero attached hydrogens (tertiary/aromatic N) is 1. The maximum absolute atomic E-state index is 5.24. The Morgan fingerprint density at radius 2 is 2.21 bits per heavy atom. The maximum atomic E-state index is 5.24. The molecular weight excluding hydrogens is 238 g/mol. The van der Waals surface area contributed by atoms with Crippen LogP contribution in [0.4, 0.5) is 5.82 Å². The fraction of sp³-hybridized carbons (Fsp3) is 0.667. The Bertz CT molecular complexity index is 404. The molecule has 4 nitrogen and oxygen atoms in total. The van der Waals surface area contributed by atoms with Gasteiger partial charge in [-0.05, 0) is 43.9 Å². The lowest BCUT2D eigenvalue weighted by Crippen LogP contribution is -2.20. The lowest BCUT2D eigenvalue weighted by molar-refractivity contribution is 0.128. The van der Waals surface area contributed by atoms with Crippen molar-refractivity contribution in [2.75, 3.05) is 19.0 Å². The summed E-state index contributed by atoms with van der Waals surface area (Å²) >= 11 is 0. The van der Waals surface area contributed by atoms with Gasteiger partial charge in [-0.25, -0.2) is 4.98 Å². The summed E-state index contributed by atoms with van der Waals surface area (Å²) in [6.07, 6.45) is 3.80. The van der Waals surface area contributed by atoms with Gasteiger partial charge in [0.05, 0.1) is 6.10 Å². The Kier molecular flexibility index (Phi) is 5.16. The second-order valence-corrected chi connectivity index (χ2v) is 5.29. The second-order valence-electron chi connectivity index (χ2n) is 5.29. The molecule has 0 aromatic carbocycles. The van der Waals surface area contributed by atoms with Crippen LogP contribution < -0.4 is 10.6 Å². The van der Waals surface area contributed by atoms with E-state index in [0.717, 1.165) is 37.1 Å². The van der Waals surface area contributed by atoms with Crippen molar-refractivity contribution in [3.05, 3.63) is 23.4 Å². The largest absolute Gasteiger partial charge is 0.380 e. The van der Waals surface area contributed by atoms with Crippen molar-refractivity contribution in [1.82, 2.24) is 10.3 Å². The first kappa shape index (κ1) is 14.3. The molecule has 1 aromatic rings. The molecule has 0 aliphatic heterocycles. The fourth-order valence-corrected chi connectivity index (χ4v) is 1.91. The van der Waals surface area contributed by atoms with Gasteiger partial charge in [-0.2, -0.15) is 0 Å². The molecule has 1 saturated carbocycles. The summed E-state index contributed by atoms with van der Waals surface area (Å²) in [5.74, 6) is 0.954. The minimum Gasteiger partial charge on any atom is -0.380 e. The van der Waals surface area contributed by atoms with Gasteiger partial charge < -0.3 is 15.4 Å². The molecule has 4 heteroatoms. The van der Waals surface area contributed by atoms with Crippen molar-refractivity contribution in [2.24, 2.45) is 0 Å². The van der Waals surface area contributed by atoms with Gasteiger partial charge in [0.15, 0.2) is 0 Å². The van der Waals surface area contributed by atoms with Gasteiger partial charge in [0.25, 0.3) is 0 Å². The number of aryl methyl sites for hydroxylation is 1. The first-order valence-corrected chi connectivity index (χ1v) is 7.21. The molecule has 2 rings (SSSR count). The van der Waals surface area contributed by atoms with Gasteiger partial charge in [0, 0.05) is 31.9 Å². The lowest BCUT2D eigenvalue weighted by Gasteiger charge is -2.13. The Labute approximate surface area is 116 Å². The maximum Gasteiger partial charge on any atom is 0.126 e. The highest BCUT2D eigenvalue weighted by molar-refractivity contribution is 5.40. The molecule has 0 bridgehead atoms. The van der Waals surface area contributed by atoms with Gasteiger partial charge in [0.1, 0.15) is 5.82 Å². The zero-order valence-corrected chi connectivity index (χ0v) is 12.2. The fourth-order valence-electron chi connectivity index (χ4n) is 1.91. The lowest BCUT2D eigenvalue weighted by atomic mass is 10.2. The van der Waals surface area contributed by atoms with E-state index in [2.05, 4.69) is 34.7 Å². The molecule has 0 radical (unpaired) electrons. The van der Waals surface area contributed by atoms with Crippen LogP contribution in [0, 0.1) is 0 Å². The predicted molar refractivity (Wildman–Crippen MR) is 78.4 cm³/mol. The molecule has 2 N–H and O–H groups in total. The number of anilines is 1. The normalized spacial score (nSPS) is 16.4. The summed E-state index contributed by atoms with van der Waals surface area (Å²) in [5, 5.41) is 6.90. The third-order valence-corrected chi connectivity index (χ3v) is 3.45. The zero-order chi connectivity index (χ0) is 13.7. The first-order valence-electron chi connectivity index (χ1n) is 7.21. The Morgan fingerprint density at radius 1 is 1.42 bits per heavy atom. The average molecular weight is 263 g/mol. The number of ether oxygens (including phenoxy) is 1. The summed E-state index contributed by atoms with van der Waals surface area (Å²) in [7, 11) is 1.73. The molecule has 0 saturated heterocycles. The number of nitrogens with one attached hydrogen (secondary N) is 2. The molecule has 1 aromatic heterocycles. The van der Waals surface area contributed by atoms with E-state index in [0.29, 0.717) is 0 Å². The van der Waals surface area contributed by atoms with E-state index in [1.165, 1.54) is 18.4 Å². The number of hydrogen-bond donors (Lipinski definition) is 2. The minimum atomic E-state index is 0.195. The second kappa shape index (κ2) is 6.87. The molecule has 1 aliphatic carbocycles. The summed E-state index contributed by atoms with van der Waals surface area (Å²) in [6, 6.07) is 5.07. The minimum absolute atomic E-state index is 0.195. The average Bonchev–Trinajstić information content (AvgIpc) is 3.26. The molecule has 19 heavy (non-hydrogen) atoms. The summed E-state index contributed by atoms with van der Waals surface area (Å²) < 4.78 is 5.24. The van der Waals surface area contributed by atoms with Gasteiger partial charge >= 0.3 is 0 Å². The van der Waals surface area contributed by atoms with E-state index in [1.54, 1.807) is 7.11 Å². The molecule has 1 unspecified atom stereocenters. The van der Waals surface area contributed by atoms with Crippen LogP contribution in [0.25, 0.3) is 0 Å². The van der Waals surface area contributed by atoms with E-state index in [-0.39, 0.29) is 6.10 Å². The highest BCUT2D eigenvalue weighted by Gasteiger charge is 2.20. The van der Waals surface area contributed by atoms with Crippen molar-refractivity contribution in [3.63, 3.8) is 0 Å². The predicted octanol–water partition coefficient (Wildman–Crippen LogP) is 2.34. The Hall–Kier alpha value is -1.13. The van der Waals surface area contributed by atoms with Gasteiger partial charge in [-0.15, -0.1) is 0 Å². The van der Waals surface area contributed by atoms with Crippen molar-refractivity contribution in [2.45, 2.75) is 51.8 Å². The number of pyridine rings is 1. The van der Waals surface area contributed by atoms with E-state index < -0.39 is 0 Å². The molecule has 0 amide bonds. The number of hydrogen-bond acceptors (Lipinski definition) is 4. The van der Waals surface area contributed by atoms with Crippen LogP contribution in [-0.4, -0.2) is 30.8 Å². The van der Waals surface area contributed by atoms with Gasteiger partial charge in [-0.3, -0.25) is 0 Å². The van der Waals surface area contributed by atoms with Crippen molar-refractivity contribution >= 4 is 5.82 Å². The zero-order valence-electron chi connectivity index (χ0n) is 12.2. The number of methoxy groups -OCH3 is 1. The number of rotatable bonds is 8. The van der Waals surface area contributed by atoms with Crippen LogP contribution in [0.1, 0.15) is 37.9 Å². The molecule has 1 aliphatic rings. The van der Waals surface area contributed by atoms with Crippen LogP contribution in [0.3, 0.4) is 0 Å². The Morgan fingerprint density at radius 3 is 2.84 bits per heavy atom. The first-order chi connectivity index (χ1) is 9.21. The monoisotopic (exact) mass is 263 g/mol. The van der Waals surface area contributed by atoms with Crippen LogP contribution >= 0.6 is 0 Å². The van der Waals surface area contributed by atoms with E-state index >= 15 is 0 Å². The smallest absolute Gasteiger partial charge is 0.126 e. The number of aromatic nitrogens is 1. The molecule has 0 spiro atoms. The third kappa shape index (κ3) is 4.80. The SMILES string of the molecule is CCc1cc(CNC2CC2)cc(NCC(C)OC)n1. The van der Waals surface area contributed by atoms with Crippen molar-refractivity contribution < 1.29 is 4.74 Å². The summed E-state index contributed by atoms with van der Waals surface area (Å²) in [5.41, 5.74) is 2.45. The Balaban J connectivity index is 1.97. The molecule has 1 heterocycles. The third-order valence-electron chi connectivity index (χ3n) is 3.45. The van der Waals surface area contributed by atoms with E-state index in [1.807, 2.05) is 6.92 Å². The van der Waals surface area contributed by atoms with Crippen LogP contribution in [0.5, 0.6) is 0 Å². The van der Waals surface area contributed by atoms with Crippen LogP contribution in [0.2, 0.25) is 0 Å². The summed E-state index contributed by atoms with van der Waals surface area (Å²) in [4.78, 5) is 4.61. The molecular formula is C15H25N3O. The topological polar surface area (TPSA) is 46.2 Å². The van der Waals surface area contributed by atoms with E-state index in [9.17, 15) is 0 Å². The van der Waals surface area contributed by atoms with Crippen molar-refractivity contribution in [1.29, 1.82) is 0 Å². The standard InChI is InChI=1S/C15H25N3O/c1-4-13-7-12(10-16-14-5-6-14)8-15(18-13)17-9-11(2)19-3/h7-8,11,14,16H,4-6,9-10H2,1-3H3,(H,17,18). The van der Waals surface area contributed by atoms with Gasteiger partial charge in [-0.1, -0.05) is 6.92 Å². The quantitative estimate of drug-likeness (QED) is 0.756. The van der Waals surface area contributed by atoms with Crippen LogP contribution in [-0.2, 0) is 17.7 Å². The van der Waals surface area contributed by atoms with Gasteiger partial charge in [0.2, 0.25) is 0 Å². The molecule has 1 atom stereocenters. The van der Waals surface area contributed by atoms with E-state index in [4.69, 9.17) is 4.74 Å². The molecule has 106 valence electrons. The van der Waals surface area contributed by atoms with Crippen LogP contribution in [0.15, 0.2) is 12.1 Å². The highest BCUT2D eigenvalue weighted by Crippen LogP contribution is 2.20. The highest BCUT2D eigenvalue weighted by atomic mass is 16.5. The van der Waals surface area contributed by atoms with Crippen molar-refractivity contribution in [3.8, 4) is 0 Å². The molecule has 1 fully saturated rings.